The number of aromatic nitrogens is 1. The number of pyridine rings is 1. The van der Waals surface area contributed by atoms with Crippen LogP contribution in [-0.4, -0.2) is 18.0 Å². The molecule has 0 fully saturated rings. The van der Waals surface area contributed by atoms with Crippen molar-refractivity contribution in [3.05, 3.63) is 107 Å². The SMILES string of the molecule is COc1ccc(C(Nc2ccccn2)c2cc(C)sc2NC(=O)c2ccccc2)cc1. The summed E-state index contributed by atoms with van der Waals surface area (Å²) in [5.74, 6) is 1.42. The zero-order chi connectivity index (χ0) is 21.6. The van der Waals surface area contributed by atoms with Crippen LogP contribution < -0.4 is 15.4 Å². The van der Waals surface area contributed by atoms with Crippen molar-refractivity contribution in [1.29, 1.82) is 0 Å². The van der Waals surface area contributed by atoms with Crippen LogP contribution >= 0.6 is 11.3 Å². The summed E-state index contributed by atoms with van der Waals surface area (Å²) < 4.78 is 5.31. The van der Waals surface area contributed by atoms with Crippen molar-refractivity contribution in [3.8, 4) is 5.75 Å². The van der Waals surface area contributed by atoms with Crippen LogP contribution in [0.2, 0.25) is 0 Å². The third-order valence-corrected chi connectivity index (χ3v) is 5.85. The van der Waals surface area contributed by atoms with Gasteiger partial charge in [-0.15, -0.1) is 11.3 Å². The molecule has 0 saturated heterocycles. The van der Waals surface area contributed by atoms with Gasteiger partial charge in [-0.05, 0) is 55.0 Å². The Labute approximate surface area is 185 Å². The van der Waals surface area contributed by atoms with Crippen molar-refractivity contribution >= 4 is 28.1 Å². The van der Waals surface area contributed by atoms with E-state index in [4.69, 9.17) is 4.74 Å². The number of hydrogen-bond donors (Lipinski definition) is 2. The molecule has 0 aliphatic carbocycles. The molecule has 1 atom stereocenters. The smallest absolute Gasteiger partial charge is 0.256 e. The van der Waals surface area contributed by atoms with Crippen LogP contribution in [0.1, 0.15) is 32.4 Å². The van der Waals surface area contributed by atoms with Gasteiger partial charge in [0, 0.05) is 22.2 Å². The lowest BCUT2D eigenvalue weighted by molar-refractivity contribution is 0.102. The number of benzene rings is 2. The first-order valence-electron chi connectivity index (χ1n) is 9.92. The fraction of sp³-hybridized carbons (Fsp3) is 0.120. The highest BCUT2D eigenvalue weighted by molar-refractivity contribution is 7.16. The molecule has 6 heteroatoms. The number of anilines is 2. The molecule has 2 N–H and O–H groups in total. The van der Waals surface area contributed by atoms with Crippen molar-refractivity contribution in [2.75, 3.05) is 17.7 Å². The summed E-state index contributed by atoms with van der Waals surface area (Å²) in [5, 5.41) is 7.44. The number of carbonyl (C=O) groups is 1. The van der Waals surface area contributed by atoms with E-state index in [-0.39, 0.29) is 11.9 Å². The molecular formula is C25H23N3O2S. The molecule has 2 aromatic heterocycles. The summed E-state index contributed by atoms with van der Waals surface area (Å²) in [6.07, 6.45) is 1.75. The highest BCUT2D eigenvalue weighted by Gasteiger charge is 2.22. The molecule has 2 aromatic carbocycles. The molecular weight excluding hydrogens is 406 g/mol. The Morgan fingerprint density at radius 3 is 2.42 bits per heavy atom. The molecule has 0 aliphatic rings. The second-order valence-electron chi connectivity index (χ2n) is 7.03. The number of thiophene rings is 1. The third-order valence-electron chi connectivity index (χ3n) is 4.86. The number of aryl methyl sites for hydroxylation is 1. The molecule has 31 heavy (non-hydrogen) atoms. The minimum absolute atomic E-state index is 0.130. The first-order valence-corrected chi connectivity index (χ1v) is 10.7. The lowest BCUT2D eigenvalue weighted by Gasteiger charge is -2.21. The van der Waals surface area contributed by atoms with Crippen LogP contribution in [0.3, 0.4) is 0 Å². The van der Waals surface area contributed by atoms with Crippen LogP contribution in [0.15, 0.2) is 85.1 Å². The largest absolute Gasteiger partial charge is 0.497 e. The van der Waals surface area contributed by atoms with Crippen LogP contribution in [0.25, 0.3) is 0 Å². The summed E-state index contributed by atoms with van der Waals surface area (Å²) in [4.78, 5) is 18.4. The summed E-state index contributed by atoms with van der Waals surface area (Å²) in [7, 11) is 1.65. The first kappa shape index (κ1) is 20.6. The molecule has 1 amide bonds. The molecule has 4 aromatic rings. The van der Waals surface area contributed by atoms with E-state index in [0.29, 0.717) is 5.56 Å². The lowest BCUT2D eigenvalue weighted by atomic mass is 9.99. The van der Waals surface area contributed by atoms with Gasteiger partial charge in [0.1, 0.15) is 16.6 Å². The van der Waals surface area contributed by atoms with Crippen molar-refractivity contribution in [1.82, 2.24) is 4.98 Å². The van der Waals surface area contributed by atoms with Crippen LogP contribution in [0, 0.1) is 6.92 Å². The van der Waals surface area contributed by atoms with Crippen LogP contribution in [-0.2, 0) is 0 Å². The summed E-state index contributed by atoms with van der Waals surface area (Å²) in [6.45, 7) is 2.04. The average molecular weight is 430 g/mol. The summed E-state index contributed by atoms with van der Waals surface area (Å²) in [6, 6.07) is 24.8. The molecule has 0 spiro atoms. The number of nitrogens with zero attached hydrogens (tertiary/aromatic N) is 1. The number of rotatable bonds is 7. The van der Waals surface area contributed by atoms with Gasteiger partial charge < -0.3 is 15.4 Å². The Bertz CT molecular complexity index is 1140. The van der Waals surface area contributed by atoms with E-state index in [1.807, 2.05) is 79.7 Å². The predicted molar refractivity (Wildman–Crippen MR) is 126 cm³/mol. The Morgan fingerprint density at radius 1 is 1.00 bits per heavy atom. The quantitative estimate of drug-likeness (QED) is 0.383. The standard InChI is InChI=1S/C25H23N3O2S/c1-17-16-21(25(31-17)28-24(29)19-8-4-3-5-9-19)23(27-22-10-6-7-15-26-22)18-11-13-20(30-2)14-12-18/h3-16,23H,1-2H3,(H,26,27)(H,28,29). The van der Waals surface area contributed by atoms with Crippen molar-refractivity contribution < 1.29 is 9.53 Å². The molecule has 0 aliphatic heterocycles. The van der Waals surface area contributed by atoms with Crippen LogP contribution in [0.4, 0.5) is 10.8 Å². The molecule has 156 valence electrons. The minimum atomic E-state index is -0.197. The number of ether oxygens (including phenoxy) is 1. The Kier molecular flexibility index (Phi) is 6.29. The normalized spacial score (nSPS) is 11.5. The second-order valence-corrected chi connectivity index (χ2v) is 8.28. The molecule has 0 saturated carbocycles. The van der Waals surface area contributed by atoms with E-state index in [1.54, 1.807) is 24.6 Å². The molecule has 5 nitrogen and oxygen atoms in total. The average Bonchev–Trinajstić information content (AvgIpc) is 3.18. The first-order chi connectivity index (χ1) is 15.1. The monoisotopic (exact) mass is 429 g/mol. The Morgan fingerprint density at radius 2 is 1.74 bits per heavy atom. The van der Waals surface area contributed by atoms with Gasteiger partial charge in [-0.3, -0.25) is 4.79 Å². The number of amides is 1. The fourth-order valence-corrected chi connectivity index (χ4v) is 4.29. The van der Waals surface area contributed by atoms with E-state index in [9.17, 15) is 4.79 Å². The van der Waals surface area contributed by atoms with Gasteiger partial charge in [0.15, 0.2) is 0 Å². The minimum Gasteiger partial charge on any atom is -0.497 e. The van der Waals surface area contributed by atoms with Gasteiger partial charge in [-0.25, -0.2) is 4.98 Å². The maximum absolute atomic E-state index is 12.8. The molecule has 0 bridgehead atoms. The van der Waals surface area contributed by atoms with Gasteiger partial charge in [-0.1, -0.05) is 36.4 Å². The number of carbonyl (C=O) groups excluding carboxylic acids is 1. The summed E-state index contributed by atoms with van der Waals surface area (Å²) in [5.41, 5.74) is 2.65. The van der Waals surface area contributed by atoms with E-state index in [0.717, 1.165) is 32.6 Å². The van der Waals surface area contributed by atoms with Gasteiger partial charge in [0.25, 0.3) is 5.91 Å². The number of hydrogen-bond acceptors (Lipinski definition) is 5. The van der Waals surface area contributed by atoms with Gasteiger partial charge in [-0.2, -0.15) is 0 Å². The third kappa shape index (κ3) is 4.92. The maximum Gasteiger partial charge on any atom is 0.256 e. The van der Waals surface area contributed by atoms with E-state index < -0.39 is 0 Å². The molecule has 1 unspecified atom stereocenters. The zero-order valence-corrected chi connectivity index (χ0v) is 18.1. The summed E-state index contributed by atoms with van der Waals surface area (Å²) >= 11 is 1.56. The topological polar surface area (TPSA) is 63.2 Å². The van der Waals surface area contributed by atoms with E-state index in [2.05, 4.69) is 21.7 Å². The number of nitrogens with one attached hydrogen (secondary N) is 2. The zero-order valence-electron chi connectivity index (χ0n) is 17.3. The van der Waals surface area contributed by atoms with E-state index in [1.165, 1.54) is 0 Å². The fourth-order valence-electron chi connectivity index (χ4n) is 3.34. The number of methoxy groups -OCH3 is 1. The van der Waals surface area contributed by atoms with Gasteiger partial charge in [0.2, 0.25) is 0 Å². The van der Waals surface area contributed by atoms with Crippen molar-refractivity contribution in [2.45, 2.75) is 13.0 Å². The highest BCUT2D eigenvalue weighted by Crippen LogP contribution is 2.38. The van der Waals surface area contributed by atoms with Gasteiger partial charge >= 0.3 is 0 Å². The van der Waals surface area contributed by atoms with Gasteiger partial charge in [0.05, 0.1) is 13.2 Å². The maximum atomic E-state index is 12.8. The Balaban J connectivity index is 1.71. The van der Waals surface area contributed by atoms with Crippen molar-refractivity contribution in [3.63, 3.8) is 0 Å². The van der Waals surface area contributed by atoms with Crippen molar-refractivity contribution in [2.24, 2.45) is 0 Å². The van der Waals surface area contributed by atoms with Crippen LogP contribution in [0.5, 0.6) is 5.75 Å². The molecule has 0 radical (unpaired) electrons. The lowest BCUT2D eigenvalue weighted by Crippen LogP contribution is -2.17. The predicted octanol–water partition coefficient (Wildman–Crippen LogP) is 5.91. The molecule has 4 rings (SSSR count). The van der Waals surface area contributed by atoms with E-state index >= 15 is 0 Å². The Hall–Kier alpha value is -3.64. The highest BCUT2D eigenvalue weighted by atomic mass is 32.1. The molecule has 2 heterocycles. The second kappa shape index (κ2) is 9.45.